The number of aromatic nitrogens is 2. The van der Waals surface area contributed by atoms with E-state index in [1.54, 1.807) is 18.2 Å². The Morgan fingerprint density at radius 2 is 1.86 bits per heavy atom. The summed E-state index contributed by atoms with van der Waals surface area (Å²) in [6.45, 7) is 0. The molecule has 0 amide bonds. The second kappa shape index (κ2) is 7.89. The van der Waals surface area contributed by atoms with Gasteiger partial charge in [-0.25, -0.2) is 9.37 Å². The molecule has 1 saturated carbocycles. The van der Waals surface area contributed by atoms with E-state index in [1.165, 1.54) is 38.2 Å². The van der Waals surface area contributed by atoms with Crippen LogP contribution >= 0.6 is 0 Å². The second-order valence-electron chi connectivity index (χ2n) is 7.27. The second-order valence-corrected chi connectivity index (χ2v) is 7.27. The van der Waals surface area contributed by atoms with Crippen LogP contribution in [0.3, 0.4) is 0 Å². The molecule has 1 aromatic heterocycles. The first-order chi connectivity index (χ1) is 13.9. The first kappa shape index (κ1) is 19.5. The van der Waals surface area contributed by atoms with E-state index in [9.17, 15) is 17.6 Å². The molecule has 0 saturated heterocycles. The van der Waals surface area contributed by atoms with Gasteiger partial charge in [-0.1, -0.05) is 37.5 Å². The number of H-pyrrole nitrogens is 1. The molecule has 3 aromatic rings. The van der Waals surface area contributed by atoms with E-state index < -0.39 is 17.9 Å². The summed E-state index contributed by atoms with van der Waals surface area (Å²) in [4.78, 5) is 7.64. The maximum Gasteiger partial charge on any atom is 0.573 e. The third kappa shape index (κ3) is 4.60. The van der Waals surface area contributed by atoms with E-state index in [1.807, 2.05) is 6.08 Å². The number of halogens is 4. The predicted octanol–water partition coefficient (Wildman–Crippen LogP) is 6.86. The van der Waals surface area contributed by atoms with Crippen molar-refractivity contribution in [3.05, 3.63) is 54.1 Å². The molecule has 7 heteroatoms. The van der Waals surface area contributed by atoms with Crippen LogP contribution < -0.4 is 4.74 Å². The lowest BCUT2D eigenvalue weighted by Crippen LogP contribution is -2.17. The Bertz CT molecular complexity index is 1030. The van der Waals surface area contributed by atoms with Gasteiger partial charge < -0.3 is 9.72 Å². The molecule has 2 aromatic carbocycles. The number of hydrogen-bond donors (Lipinski definition) is 1. The number of nitrogens with one attached hydrogen (secondary N) is 1. The van der Waals surface area contributed by atoms with Crippen LogP contribution in [0, 0.1) is 11.7 Å². The number of fused-ring (bicyclic) bond motifs is 1. The van der Waals surface area contributed by atoms with Crippen molar-refractivity contribution < 1.29 is 22.3 Å². The molecular formula is C22H20F4N2O. The van der Waals surface area contributed by atoms with E-state index in [2.05, 4.69) is 20.8 Å². The number of benzene rings is 2. The highest BCUT2D eigenvalue weighted by Gasteiger charge is 2.33. The zero-order valence-corrected chi connectivity index (χ0v) is 15.6. The fourth-order valence-electron chi connectivity index (χ4n) is 3.81. The van der Waals surface area contributed by atoms with E-state index >= 15 is 0 Å². The molecule has 1 fully saturated rings. The fraction of sp³-hybridized carbons (Fsp3) is 0.318. The molecule has 1 heterocycles. The summed E-state index contributed by atoms with van der Waals surface area (Å²) in [6, 6.07) is 8.17. The molecule has 152 valence electrons. The van der Waals surface area contributed by atoms with Crippen LogP contribution in [0.25, 0.3) is 28.2 Å². The summed E-state index contributed by atoms with van der Waals surface area (Å²) in [5.74, 6) is -0.146. The Hall–Kier alpha value is -2.83. The summed E-state index contributed by atoms with van der Waals surface area (Å²) in [5.41, 5.74) is 1.32. The zero-order valence-electron chi connectivity index (χ0n) is 15.6. The van der Waals surface area contributed by atoms with Gasteiger partial charge in [0.25, 0.3) is 0 Å². The van der Waals surface area contributed by atoms with Crippen LogP contribution in [-0.2, 0) is 0 Å². The highest BCUT2D eigenvalue weighted by molar-refractivity contribution is 5.84. The minimum absolute atomic E-state index is 0.236. The lowest BCUT2D eigenvalue weighted by Gasteiger charge is -2.17. The number of alkyl halides is 3. The van der Waals surface area contributed by atoms with Crippen LogP contribution in [0.2, 0.25) is 0 Å². The summed E-state index contributed by atoms with van der Waals surface area (Å²) in [5, 5.41) is 0. The van der Waals surface area contributed by atoms with E-state index in [0.29, 0.717) is 22.8 Å². The van der Waals surface area contributed by atoms with Crippen LogP contribution in [-0.4, -0.2) is 16.3 Å². The Balaban J connectivity index is 1.65. The highest BCUT2D eigenvalue weighted by Crippen LogP contribution is 2.37. The van der Waals surface area contributed by atoms with E-state index in [-0.39, 0.29) is 11.1 Å². The van der Waals surface area contributed by atoms with Crippen LogP contribution in [0.1, 0.15) is 37.9 Å². The molecular weight excluding hydrogens is 384 g/mol. The van der Waals surface area contributed by atoms with Crippen molar-refractivity contribution in [2.45, 2.75) is 38.5 Å². The molecule has 0 unspecified atom stereocenters. The van der Waals surface area contributed by atoms with Gasteiger partial charge in [0.1, 0.15) is 17.4 Å². The standard InChI is InChI=1S/C22H20F4N2O/c23-16-7-4-8-19(29-22(24,25)26)21(16)15-10-11-17-18(13-15)28-20(27-17)12-9-14-5-2-1-3-6-14/h4,7-14H,1-3,5-6H2,(H,27,28). The van der Waals surface area contributed by atoms with Gasteiger partial charge in [-0.05, 0) is 54.7 Å². The Morgan fingerprint density at radius 1 is 1.07 bits per heavy atom. The summed E-state index contributed by atoms with van der Waals surface area (Å²) in [7, 11) is 0. The SMILES string of the molecule is Fc1cccc(OC(F)(F)F)c1-c1ccc2nc(C=CC3CCCCC3)[nH]c2c1. The lowest BCUT2D eigenvalue weighted by molar-refractivity contribution is -0.274. The van der Waals surface area contributed by atoms with Crippen molar-refractivity contribution >= 4 is 17.1 Å². The number of aromatic amines is 1. The van der Waals surface area contributed by atoms with Gasteiger partial charge >= 0.3 is 6.36 Å². The van der Waals surface area contributed by atoms with Crippen molar-refractivity contribution in [1.82, 2.24) is 9.97 Å². The number of ether oxygens (including phenoxy) is 1. The van der Waals surface area contributed by atoms with Gasteiger partial charge in [-0.2, -0.15) is 0 Å². The third-order valence-corrected chi connectivity index (χ3v) is 5.17. The van der Waals surface area contributed by atoms with Crippen molar-refractivity contribution in [3.8, 4) is 16.9 Å². The molecule has 0 aliphatic heterocycles. The quantitative estimate of drug-likeness (QED) is 0.482. The minimum Gasteiger partial charge on any atom is -0.405 e. The zero-order chi connectivity index (χ0) is 20.4. The molecule has 0 spiro atoms. The van der Waals surface area contributed by atoms with Gasteiger partial charge in [0.05, 0.1) is 16.6 Å². The van der Waals surface area contributed by atoms with E-state index in [0.717, 1.165) is 12.1 Å². The van der Waals surface area contributed by atoms with Gasteiger partial charge in [-0.3, -0.25) is 0 Å². The molecule has 1 aliphatic carbocycles. The number of allylic oxidation sites excluding steroid dienone is 1. The Kier molecular flexibility index (Phi) is 5.30. The Morgan fingerprint density at radius 3 is 2.62 bits per heavy atom. The maximum atomic E-state index is 14.4. The summed E-state index contributed by atoms with van der Waals surface area (Å²) < 4.78 is 56.5. The van der Waals surface area contributed by atoms with Gasteiger partial charge in [0.15, 0.2) is 0 Å². The predicted molar refractivity (Wildman–Crippen MR) is 104 cm³/mol. The van der Waals surface area contributed by atoms with Crippen molar-refractivity contribution in [2.24, 2.45) is 5.92 Å². The third-order valence-electron chi connectivity index (χ3n) is 5.17. The first-order valence-electron chi connectivity index (χ1n) is 9.62. The lowest BCUT2D eigenvalue weighted by atomic mass is 9.89. The number of hydrogen-bond acceptors (Lipinski definition) is 2. The van der Waals surface area contributed by atoms with Gasteiger partial charge in [-0.15, -0.1) is 13.2 Å². The first-order valence-corrected chi connectivity index (χ1v) is 9.62. The smallest absolute Gasteiger partial charge is 0.405 e. The minimum atomic E-state index is -4.91. The highest BCUT2D eigenvalue weighted by atomic mass is 19.4. The van der Waals surface area contributed by atoms with Crippen LogP contribution in [0.5, 0.6) is 5.75 Å². The summed E-state index contributed by atoms with van der Waals surface area (Å²) >= 11 is 0. The van der Waals surface area contributed by atoms with Crippen LogP contribution in [0.4, 0.5) is 17.6 Å². The fourth-order valence-corrected chi connectivity index (χ4v) is 3.81. The van der Waals surface area contributed by atoms with E-state index in [4.69, 9.17) is 0 Å². The number of nitrogens with zero attached hydrogens (tertiary/aromatic N) is 1. The molecule has 0 bridgehead atoms. The Labute approximate surface area is 165 Å². The molecule has 4 rings (SSSR count). The normalized spacial score (nSPS) is 16.0. The average molecular weight is 404 g/mol. The average Bonchev–Trinajstić information content (AvgIpc) is 3.08. The number of rotatable bonds is 4. The monoisotopic (exact) mass is 404 g/mol. The van der Waals surface area contributed by atoms with Gasteiger partial charge in [0, 0.05) is 0 Å². The van der Waals surface area contributed by atoms with Crippen molar-refractivity contribution in [3.63, 3.8) is 0 Å². The van der Waals surface area contributed by atoms with Crippen LogP contribution in [0.15, 0.2) is 42.5 Å². The molecule has 0 atom stereocenters. The molecule has 1 N–H and O–H groups in total. The van der Waals surface area contributed by atoms with Gasteiger partial charge in [0.2, 0.25) is 0 Å². The maximum absolute atomic E-state index is 14.4. The van der Waals surface area contributed by atoms with Crippen molar-refractivity contribution in [1.29, 1.82) is 0 Å². The largest absolute Gasteiger partial charge is 0.573 e. The molecule has 3 nitrogen and oxygen atoms in total. The molecule has 1 aliphatic rings. The summed E-state index contributed by atoms with van der Waals surface area (Å²) in [6.07, 6.45) is 5.31. The number of imidazole rings is 1. The van der Waals surface area contributed by atoms with Crippen molar-refractivity contribution in [2.75, 3.05) is 0 Å². The molecule has 29 heavy (non-hydrogen) atoms. The molecule has 0 radical (unpaired) electrons. The topological polar surface area (TPSA) is 37.9 Å².